The lowest BCUT2D eigenvalue weighted by atomic mass is 9.84. The third-order valence-electron chi connectivity index (χ3n) is 5.58. The highest BCUT2D eigenvalue weighted by atomic mass is 19.4. The van der Waals surface area contributed by atoms with Gasteiger partial charge in [-0.1, -0.05) is 41.5 Å². The molecule has 1 aliphatic heterocycles. The average molecular weight is 405 g/mol. The third-order valence-corrected chi connectivity index (χ3v) is 5.58. The molecule has 156 valence electrons. The minimum Gasteiger partial charge on any atom is -0.481 e. The van der Waals surface area contributed by atoms with Crippen LogP contribution >= 0.6 is 0 Å². The van der Waals surface area contributed by atoms with Crippen LogP contribution < -0.4 is 0 Å². The van der Waals surface area contributed by atoms with Crippen LogP contribution in [0.1, 0.15) is 53.1 Å². The Kier molecular flexibility index (Phi) is 6.32. The maximum absolute atomic E-state index is 12.9. The lowest BCUT2D eigenvalue weighted by Crippen LogP contribution is -2.37. The van der Waals surface area contributed by atoms with Crippen molar-refractivity contribution in [3.05, 3.63) is 70.3 Å². The summed E-state index contributed by atoms with van der Waals surface area (Å²) < 4.78 is 38.8. The molecule has 0 spiro atoms. The Morgan fingerprint density at radius 3 is 2.28 bits per heavy atom. The molecule has 2 unspecified atom stereocenters. The predicted molar refractivity (Wildman–Crippen MR) is 105 cm³/mol. The molecule has 6 heteroatoms. The van der Waals surface area contributed by atoms with E-state index >= 15 is 0 Å². The van der Waals surface area contributed by atoms with Gasteiger partial charge in [-0.3, -0.25) is 9.69 Å². The lowest BCUT2D eigenvalue weighted by Gasteiger charge is -2.40. The highest BCUT2D eigenvalue weighted by Crippen LogP contribution is 2.38. The molecule has 2 atom stereocenters. The molecule has 0 bridgehead atoms. The molecule has 0 radical (unpaired) electrons. The summed E-state index contributed by atoms with van der Waals surface area (Å²) in [5.41, 5.74) is 3.65. The van der Waals surface area contributed by atoms with E-state index in [0.29, 0.717) is 13.0 Å². The second-order valence-corrected chi connectivity index (χ2v) is 8.09. The monoisotopic (exact) mass is 405 g/mol. The van der Waals surface area contributed by atoms with E-state index in [1.165, 1.54) is 23.3 Å². The summed E-state index contributed by atoms with van der Waals surface area (Å²) in [7, 11) is 0. The Morgan fingerprint density at radius 1 is 1.10 bits per heavy atom. The zero-order valence-corrected chi connectivity index (χ0v) is 16.7. The molecule has 29 heavy (non-hydrogen) atoms. The Morgan fingerprint density at radius 2 is 1.72 bits per heavy atom. The largest absolute Gasteiger partial charge is 0.481 e. The van der Waals surface area contributed by atoms with Gasteiger partial charge in [0.1, 0.15) is 0 Å². The second kappa shape index (κ2) is 8.57. The first kappa shape index (κ1) is 21.4. The van der Waals surface area contributed by atoms with E-state index in [4.69, 9.17) is 0 Å². The molecule has 1 saturated heterocycles. The van der Waals surface area contributed by atoms with Crippen molar-refractivity contribution in [3.63, 3.8) is 0 Å². The van der Waals surface area contributed by atoms with Crippen LogP contribution in [-0.2, 0) is 17.5 Å². The van der Waals surface area contributed by atoms with Gasteiger partial charge in [0.15, 0.2) is 0 Å². The Hall–Kier alpha value is -2.34. The summed E-state index contributed by atoms with van der Waals surface area (Å²) in [6, 6.07) is 11.6. The minimum atomic E-state index is -4.37. The summed E-state index contributed by atoms with van der Waals surface area (Å²) in [5, 5.41) is 9.17. The first-order valence-corrected chi connectivity index (χ1v) is 9.82. The summed E-state index contributed by atoms with van der Waals surface area (Å²) in [6.45, 7) is 5.50. The molecule has 1 aliphatic rings. The van der Waals surface area contributed by atoms with Gasteiger partial charge < -0.3 is 5.11 Å². The van der Waals surface area contributed by atoms with Crippen LogP contribution in [-0.4, -0.2) is 22.5 Å². The molecular weight excluding hydrogens is 379 g/mol. The molecule has 1 heterocycles. The number of carboxylic acid groups (broad SMARTS) is 1. The summed E-state index contributed by atoms with van der Waals surface area (Å²) in [6.07, 6.45) is -2.87. The topological polar surface area (TPSA) is 40.5 Å². The maximum atomic E-state index is 12.9. The van der Waals surface area contributed by atoms with Crippen LogP contribution in [0.15, 0.2) is 42.5 Å². The molecule has 0 saturated carbocycles. The van der Waals surface area contributed by atoms with Crippen LogP contribution in [0.5, 0.6) is 0 Å². The normalized spacial score (nSPS) is 20.6. The predicted octanol–water partition coefficient (Wildman–Crippen LogP) is 5.75. The first-order chi connectivity index (χ1) is 13.6. The Bertz CT molecular complexity index is 841. The number of nitrogens with zero attached hydrogens (tertiary/aromatic N) is 1. The number of benzene rings is 2. The van der Waals surface area contributed by atoms with Gasteiger partial charge in [0.25, 0.3) is 0 Å². The van der Waals surface area contributed by atoms with Gasteiger partial charge in [-0.15, -0.1) is 0 Å². The van der Waals surface area contributed by atoms with Crippen LogP contribution in [0.2, 0.25) is 0 Å². The van der Waals surface area contributed by atoms with Gasteiger partial charge in [0.05, 0.1) is 5.56 Å². The van der Waals surface area contributed by atoms with Crippen molar-refractivity contribution in [1.82, 2.24) is 4.90 Å². The van der Waals surface area contributed by atoms with Crippen molar-refractivity contribution < 1.29 is 23.1 Å². The smallest absolute Gasteiger partial charge is 0.416 e. The Balaban J connectivity index is 1.86. The number of aliphatic carboxylic acids is 1. The molecule has 3 nitrogen and oxygen atoms in total. The van der Waals surface area contributed by atoms with E-state index in [1.54, 1.807) is 0 Å². The van der Waals surface area contributed by atoms with E-state index < -0.39 is 17.7 Å². The van der Waals surface area contributed by atoms with Crippen molar-refractivity contribution in [2.24, 2.45) is 5.92 Å². The number of hydrogen-bond donors (Lipinski definition) is 1. The number of alkyl halides is 3. The summed E-state index contributed by atoms with van der Waals surface area (Å²) >= 11 is 0. The molecule has 0 amide bonds. The zero-order valence-electron chi connectivity index (χ0n) is 16.7. The number of piperidine rings is 1. The Labute approximate surface area is 169 Å². The second-order valence-electron chi connectivity index (χ2n) is 8.09. The molecular formula is C23H26F3NO2. The summed E-state index contributed by atoms with van der Waals surface area (Å²) in [5.74, 6) is -0.806. The number of likely N-dealkylation sites (tertiary alicyclic amines) is 1. The molecule has 1 fully saturated rings. The fourth-order valence-electron chi connectivity index (χ4n) is 4.34. The van der Waals surface area contributed by atoms with Crippen molar-refractivity contribution >= 4 is 5.97 Å². The number of hydrogen-bond acceptors (Lipinski definition) is 2. The molecule has 2 aromatic carbocycles. The standard InChI is InChI=1S/C23H26F3NO2/c1-15-9-16(2)11-18(10-15)14-27-8-7-17(13-22(28)29)12-21(27)19-3-5-20(6-4-19)23(24,25)26/h3-6,9-11,17,21H,7-8,12-14H2,1-2H3,(H,28,29). The van der Waals surface area contributed by atoms with Crippen LogP contribution in [0, 0.1) is 19.8 Å². The number of rotatable bonds is 5. The van der Waals surface area contributed by atoms with Gasteiger partial charge in [-0.05, 0) is 62.4 Å². The van der Waals surface area contributed by atoms with E-state index in [9.17, 15) is 23.1 Å². The minimum absolute atomic E-state index is 0.0234. The van der Waals surface area contributed by atoms with Crippen LogP contribution in [0.25, 0.3) is 0 Å². The maximum Gasteiger partial charge on any atom is 0.416 e. The van der Waals surface area contributed by atoms with Crippen molar-refractivity contribution in [3.8, 4) is 0 Å². The van der Waals surface area contributed by atoms with Crippen molar-refractivity contribution in [2.75, 3.05) is 6.54 Å². The van der Waals surface area contributed by atoms with Crippen molar-refractivity contribution in [2.45, 2.75) is 51.9 Å². The van der Waals surface area contributed by atoms with E-state index in [2.05, 4.69) is 23.1 Å². The number of carbonyl (C=O) groups is 1. The van der Waals surface area contributed by atoms with Gasteiger partial charge in [0, 0.05) is 19.0 Å². The number of halogens is 3. The van der Waals surface area contributed by atoms with Gasteiger partial charge in [-0.25, -0.2) is 0 Å². The van der Waals surface area contributed by atoms with E-state index in [0.717, 1.165) is 36.2 Å². The van der Waals surface area contributed by atoms with Gasteiger partial charge >= 0.3 is 12.1 Å². The number of aryl methyl sites for hydroxylation is 2. The molecule has 2 aromatic rings. The first-order valence-electron chi connectivity index (χ1n) is 9.82. The molecule has 3 rings (SSSR count). The van der Waals surface area contributed by atoms with Crippen LogP contribution in [0.3, 0.4) is 0 Å². The van der Waals surface area contributed by atoms with Gasteiger partial charge in [-0.2, -0.15) is 13.2 Å². The molecule has 0 aromatic heterocycles. The lowest BCUT2D eigenvalue weighted by molar-refractivity contribution is -0.139. The summed E-state index contributed by atoms with van der Waals surface area (Å²) in [4.78, 5) is 13.4. The highest BCUT2D eigenvalue weighted by molar-refractivity contribution is 5.67. The average Bonchev–Trinajstić information content (AvgIpc) is 2.61. The van der Waals surface area contributed by atoms with Gasteiger partial charge in [0.2, 0.25) is 0 Å². The fraction of sp³-hybridized carbons (Fsp3) is 0.435. The molecule has 1 N–H and O–H groups in total. The SMILES string of the molecule is Cc1cc(C)cc(CN2CCC(CC(=O)O)CC2c2ccc(C(F)(F)F)cc2)c1. The highest BCUT2D eigenvalue weighted by Gasteiger charge is 2.33. The van der Waals surface area contributed by atoms with Crippen molar-refractivity contribution in [1.29, 1.82) is 0 Å². The van der Waals surface area contributed by atoms with Crippen LogP contribution in [0.4, 0.5) is 13.2 Å². The zero-order chi connectivity index (χ0) is 21.2. The number of carboxylic acids is 1. The van der Waals surface area contributed by atoms with E-state index in [-0.39, 0.29) is 18.4 Å². The molecule has 0 aliphatic carbocycles. The fourth-order valence-corrected chi connectivity index (χ4v) is 4.34. The quantitative estimate of drug-likeness (QED) is 0.689. The van der Waals surface area contributed by atoms with E-state index in [1.807, 2.05) is 13.8 Å². The third kappa shape index (κ3) is 5.60.